The van der Waals surface area contributed by atoms with E-state index >= 15 is 0 Å². The van der Waals surface area contributed by atoms with Gasteiger partial charge in [-0.3, -0.25) is 9.69 Å². The van der Waals surface area contributed by atoms with Crippen molar-refractivity contribution in [3.8, 4) is 11.5 Å². The highest BCUT2D eigenvalue weighted by Crippen LogP contribution is 2.30. The lowest BCUT2D eigenvalue weighted by Gasteiger charge is -2.29. The number of fused-ring (bicyclic) bond motifs is 2. The topological polar surface area (TPSA) is 78.5 Å². The lowest BCUT2D eigenvalue weighted by molar-refractivity contribution is 0.253. The number of thioether (sulfide) groups is 1. The van der Waals surface area contributed by atoms with Crippen LogP contribution in [0.25, 0.3) is 6.08 Å². The van der Waals surface area contributed by atoms with E-state index in [0.29, 0.717) is 18.3 Å². The molecule has 6 nitrogen and oxygen atoms in total. The van der Waals surface area contributed by atoms with Gasteiger partial charge in [-0.05, 0) is 36.1 Å². The molecule has 25 heavy (non-hydrogen) atoms. The summed E-state index contributed by atoms with van der Waals surface area (Å²) in [7, 11) is 0. The van der Waals surface area contributed by atoms with E-state index in [1.165, 1.54) is 11.8 Å². The van der Waals surface area contributed by atoms with Gasteiger partial charge in [-0.2, -0.15) is 0 Å². The average molecular weight is 357 g/mol. The quantitative estimate of drug-likeness (QED) is 0.646. The molecule has 3 heterocycles. The Morgan fingerprint density at radius 2 is 2.32 bits per heavy atom. The lowest BCUT2D eigenvalue weighted by atomic mass is 10.0. The van der Waals surface area contributed by atoms with Gasteiger partial charge in [-0.1, -0.05) is 11.8 Å². The van der Waals surface area contributed by atoms with Crippen molar-refractivity contribution in [1.29, 1.82) is 0 Å². The Hall–Kier alpha value is -2.25. The third-order valence-corrected chi connectivity index (χ3v) is 5.09. The number of ether oxygens (including phenoxy) is 1. The number of phenols is 1. The number of phenolic OH excluding ortho intramolecular Hbond substituents is 1. The number of aromatic nitrogens is 2. The van der Waals surface area contributed by atoms with Crippen molar-refractivity contribution < 1.29 is 9.84 Å². The van der Waals surface area contributed by atoms with E-state index < -0.39 is 0 Å². The maximum absolute atomic E-state index is 12.3. The number of hydrogen-bond donors (Lipinski definition) is 2. The number of aromatic hydroxyl groups is 1. The molecule has 2 aliphatic heterocycles. The molecule has 7 heteroatoms. The highest BCUT2D eigenvalue weighted by molar-refractivity contribution is 7.98. The molecule has 0 radical (unpaired) electrons. The van der Waals surface area contributed by atoms with E-state index in [2.05, 4.69) is 20.9 Å². The van der Waals surface area contributed by atoms with Gasteiger partial charge in [0.2, 0.25) is 0 Å². The fourth-order valence-corrected chi connectivity index (χ4v) is 3.68. The number of rotatable bonds is 3. The van der Waals surface area contributed by atoms with Crippen LogP contribution in [0.5, 0.6) is 11.5 Å². The summed E-state index contributed by atoms with van der Waals surface area (Å²) < 4.78 is 5.77. The summed E-state index contributed by atoms with van der Waals surface area (Å²) in [5.41, 5.74) is 3.66. The highest BCUT2D eigenvalue weighted by Gasteiger charge is 2.23. The van der Waals surface area contributed by atoms with Crippen LogP contribution < -0.4 is 10.3 Å². The van der Waals surface area contributed by atoms with Gasteiger partial charge in [-0.15, -0.1) is 0 Å². The third kappa shape index (κ3) is 3.29. The lowest BCUT2D eigenvalue weighted by Crippen LogP contribution is -2.37. The predicted octanol–water partition coefficient (Wildman–Crippen LogP) is 2.03. The highest BCUT2D eigenvalue weighted by atomic mass is 32.2. The third-order valence-electron chi connectivity index (χ3n) is 4.51. The van der Waals surface area contributed by atoms with Crippen LogP contribution in [-0.2, 0) is 13.0 Å². The number of nitrogens with zero attached hydrogens (tertiary/aromatic N) is 2. The Morgan fingerprint density at radius 3 is 3.16 bits per heavy atom. The van der Waals surface area contributed by atoms with Gasteiger partial charge < -0.3 is 14.8 Å². The normalized spacial score (nSPS) is 16.6. The Balaban J connectivity index is 1.53. The monoisotopic (exact) mass is 357 g/mol. The van der Waals surface area contributed by atoms with Crippen molar-refractivity contribution in [3.05, 3.63) is 50.9 Å². The van der Waals surface area contributed by atoms with E-state index in [4.69, 9.17) is 4.74 Å². The van der Waals surface area contributed by atoms with Crippen LogP contribution in [0.3, 0.4) is 0 Å². The fourth-order valence-electron chi connectivity index (χ4n) is 3.28. The first-order valence-corrected chi connectivity index (χ1v) is 9.38. The zero-order chi connectivity index (χ0) is 17.4. The SMILES string of the molecule is CSc1nc2c(c(=O)[nH]1)CN(CC1=Cc3cc(O)ccc3OC1)CC2. The Labute approximate surface area is 149 Å². The van der Waals surface area contributed by atoms with Crippen LogP contribution in [-0.4, -0.2) is 45.9 Å². The molecule has 1 aromatic carbocycles. The first-order valence-electron chi connectivity index (χ1n) is 8.16. The minimum absolute atomic E-state index is 0.0387. The molecule has 1 aromatic heterocycles. The molecule has 130 valence electrons. The molecule has 0 spiro atoms. The van der Waals surface area contributed by atoms with Gasteiger partial charge in [-0.25, -0.2) is 4.98 Å². The summed E-state index contributed by atoms with van der Waals surface area (Å²) in [6.07, 6.45) is 4.75. The fraction of sp³-hybridized carbons (Fsp3) is 0.333. The molecule has 0 unspecified atom stereocenters. The minimum atomic E-state index is -0.0387. The van der Waals surface area contributed by atoms with Crippen molar-refractivity contribution in [1.82, 2.24) is 14.9 Å². The van der Waals surface area contributed by atoms with Crippen LogP contribution in [0.1, 0.15) is 16.8 Å². The van der Waals surface area contributed by atoms with Gasteiger partial charge in [0.15, 0.2) is 5.16 Å². The van der Waals surface area contributed by atoms with Gasteiger partial charge in [0.1, 0.15) is 18.1 Å². The number of nitrogens with one attached hydrogen (secondary N) is 1. The van der Waals surface area contributed by atoms with E-state index in [1.54, 1.807) is 18.2 Å². The smallest absolute Gasteiger partial charge is 0.256 e. The Morgan fingerprint density at radius 1 is 1.44 bits per heavy atom. The van der Waals surface area contributed by atoms with E-state index in [-0.39, 0.29) is 11.3 Å². The van der Waals surface area contributed by atoms with Crippen molar-refractivity contribution in [2.24, 2.45) is 0 Å². The number of aromatic amines is 1. The number of benzene rings is 1. The average Bonchev–Trinajstić information content (AvgIpc) is 2.61. The van der Waals surface area contributed by atoms with E-state index in [1.807, 2.05) is 6.26 Å². The van der Waals surface area contributed by atoms with Gasteiger partial charge in [0.05, 0.1) is 11.3 Å². The van der Waals surface area contributed by atoms with Gasteiger partial charge in [0.25, 0.3) is 5.56 Å². The van der Waals surface area contributed by atoms with Crippen LogP contribution in [0, 0.1) is 0 Å². The van der Waals surface area contributed by atoms with E-state index in [9.17, 15) is 9.90 Å². The van der Waals surface area contributed by atoms with Crippen LogP contribution in [0.15, 0.2) is 33.7 Å². The summed E-state index contributed by atoms with van der Waals surface area (Å²) in [5, 5.41) is 10.3. The predicted molar refractivity (Wildman–Crippen MR) is 97.2 cm³/mol. The molecule has 0 fully saturated rings. The van der Waals surface area contributed by atoms with Crippen LogP contribution in [0.2, 0.25) is 0 Å². The summed E-state index contributed by atoms with van der Waals surface area (Å²) in [4.78, 5) is 21.9. The zero-order valence-electron chi connectivity index (χ0n) is 13.9. The minimum Gasteiger partial charge on any atom is -0.508 e. The van der Waals surface area contributed by atoms with Crippen molar-refractivity contribution >= 4 is 17.8 Å². The standard InChI is InChI=1S/C18H19N3O3S/c1-25-18-19-15-4-5-21(9-14(15)17(23)20-18)8-11-6-12-7-13(22)2-3-16(12)24-10-11/h2-3,6-7,22H,4-5,8-10H2,1H3,(H,19,20,23). The molecule has 4 rings (SSSR count). The Kier molecular flexibility index (Phi) is 4.27. The molecule has 0 saturated carbocycles. The first-order chi connectivity index (χ1) is 12.1. The first kappa shape index (κ1) is 16.2. The zero-order valence-corrected chi connectivity index (χ0v) is 14.7. The molecule has 2 N–H and O–H groups in total. The van der Waals surface area contributed by atoms with E-state index in [0.717, 1.165) is 47.7 Å². The maximum Gasteiger partial charge on any atom is 0.256 e. The van der Waals surface area contributed by atoms with Crippen molar-refractivity contribution in [2.45, 2.75) is 18.1 Å². The summed E-state index contributed by atoms with van der Waals surface area (Å²) in [6.45, 7) is 2.72. The molecule has 0 atom stereocenters. The second kappa shape index (κ2) is 6.57. The molecular weight excluding hydrogens is 338 g/mol. The second-order valence-electron chi connectivity index (χ2n) is 6.27. The van der Waals surface area contributed by atoms with Crippen molar-refractivity contribution in [2.75, 3.05) is 26.0 Å². The summed E-state index contributed by atoms with van der Waals surface area (Å²) in [6, 6.07) is 5.11. The Bertz CT molecular complexity index is 907. The summed E-state index contributed by atoms with van der Waals surface area (Å²) in [5.74, 6) is 1.02. The van der Waals surface area contributed by atoms with Crippen molar-refractivity contribution in [3.63, 3.8) is 0 Å². The molecular formula is C18H19N3O3S. The maximum atomic E-state index is 12.3. The van der Waals surface area contributed by atoms with Gasteiger partial charge >= 0.3 is 0 Å². The number of H-pyrrole nitrogens is 1. The van der Waals surface area contributed by atoms with Crippen LogP contribution >= 0.6 is 11.8 Å². The summed E-state index contributed by atoms with van der Waals surface area (Å²) >= 11 is 1.45. The second-order valence-corrected chi connectivity index (χ2v) is 7.07. The van der Waals surface area contributed by atoms with Crippen LogP contribution in [0.4, 0.5) is 0 Å². The molecule has 2 aromatic rings. The largest absolute Gasteiger partial charge is 0.508 e. The molecule has 0 amide bonds. The molecule has 0 bridgehead atoms. The molecule has 2 aliphatic rings. The molecule has 0 aliphatic carbocycles. The number of hydrogen-bond acceptors (Lipinski definition) is 6. The molecule has 0 saturated heterocycles. The van der Waals surface area contributed by atoms with Gasteiger partial charge in [0, 0.05) is 31.6 Å².